The molecule has 0 aliphatic rings. The second-order valence-electron chi connectivity index (χ2n) is 4.60. The molecule has 0 aliphatic carbocycles. The summed E-state index contributed by atoms with van der Waals surface area (Å²) >= 11 is 1.34. The van der Waals surface area contributed by atoms with Crippen molar-refractivity contribution in [1.82, 2.24) is 0 Å². The van der Waals surface area contributed by atoms with Crippen LogP contribution in [0.15, 0.2) is 23.1 Å². The average Bonchev–Trinajstić information content (AvgIpc) is 2.34. The molecule has 0 radical (unpaired) electrons. The van der Waals surface area contributed by atoms with Gasteiger partial charge in [0.15, 0.2) is 5.75 Å². The molecule has 110 valence electrons. The van der Waals surface area contributed by atoms with Gasteiger partial charge in [0.2, 0.25) is 0 Å². The first kappa shape index (κ1) is 16.3. The van der Waals surface area contributed by atoms with Gasteiger partial charge in [-0.05, 0) is 19.9 Å². The number of hydrogen-bond acceptors (Lipinski definition) is 5. The third-order valence-electron chi connectivity index (χ3n) is 2.41. The number of carboxylic acids is 1. The molecule has 0 spiro atoms. The normalized spacial score (nSPS) is 12.2. The number of hydrogen-bond donors (Lipinski definition) is 1. The molecule has 1 atom stereocenters. The van der Waals surface area contributed by atoms with Crippen molar-refractivity contribution in [2.45, 2.75) is 31.8 Å². The van der Waals surface area contributed by atoms with E-state index in [9.17, 15) is 14.9 Å². The van der Waals surface area contributed by atoms with Gasteiger partial charge in [0.05, 0.1) is 16.9 Å². The van der Waals surface area contributed by atoms with Crippen LogP contribution in [0.4, 0.5) is 5.69 Å². The second-order valence-corrected chi connectivity index (χ2v) is 5.70. The van der Waals surface area contributed by atoms with E-state index in [2.05, 4.69) is 0 Å². The maximum absolute atomic E-state index is 10.9. The van der Waals surface area contributed by atoms with Gasteiger partial charge in [-0.25, -0.2) is 0 Å². The van der Waals surface area contributed by atoms with Crippen LogP contribution in [0.2, 0.25) is 0 Å². The van der Waals surface area contributed by atoms with E-state index in [1.807, 2.05) is 0 Å². The van der Waals surface area contributed by atoms with Crippen molar-refractivity contribution < 1.29 is 19.6 Å². The van der Waals surface area contributed by atoms with Crippen molar-refractivity contribution >= 4 is 23.4 Å². The Morgan fingerprint density at radius 3 is 2.60 bits per heavy atom. The molecule has 0 bridgehead atoms. The van der Waals surface area contributed by atoms with Crippen molar-refractivity contribution in [2.24, 2.45) is 5.92 Å². The molecule has 1 N–H and O–H groups in total. The van der Waals surface area contributed by atoms with Gasteiger partial charge < -0.3 is 9.84 Å². The number of nitro groups is 1. The van der Waals surface area contributed by atoms with Crippen molar-refractivity contribution in [3.63, 3.8) is 0 Å². The summed E-state index contributed by atoms with van der Waals surface area (Å²) in [4.78, 5) is 21.9. The van der Waals surface area contributed by atoms with Gasteiger partial charge in [-0.2, -0.15) is 0 Å². The Kier molecular flexibility index (Phi) is 5.82. The largest absolute Gasteiger partial charge is 0.484 e. The molecule has 0 saturated carbocycles. The Morgan fingerprint density at radius 1 is 1.45 bits per heavy atom. The number of aliphatic carboxylic acids is 1. The smallest absolute Gasteiger partial charge is 0.311 e. The molecule has 0 aromatic heterocycles. The van der Waals surface area contributed by atoms with Crippen LogP contribution in [-0.4, -0.2) is 27.9 Å². The van der Waals surface area contributed by atoms with Gasteiger partial charge >= 0.3 is 11.7 Å². The molecule has 0 amide bonds. The van der Waals surface area contributed by atoms with E-state index in [1.165, 1.54) is 17.8 Å². The maximum atomic E-state index is 10.9. The first-order valence-corrected chi connectivity index (χ1v) is 7.10. The predicted molar refractivity (Wildman–Crippen MR) is 76.4 cm³/mol. The van der Waals surface area contributed by atoms with Crippen LogP contribution in [0.25, 0.3) is 0 Å². The minimum atomic E-state index is -0.863. The van der Waals surface area contributed by atoms with Gasteiger partial charge in [0, 0.05) is 22.8 Å². The number of nitro benzene ring substituents is 1. The Labute approximate surface area is 121 Å². The van der Waals surface area contributed by atoms with E-state index in [-0.39, 0.29) is 17.5 Å². The minimum absolute atomic E-state index is 0.0886. The van der Waals surface area contributed by atoms with Gasteiger partial charge in [-0.3, -0.25) is 14.9 Å². The van der Waals surface area contributed by atoms with Crippen LogP contribution in [0, 0.1) is 16.0 Å². The lowest BCUT2D eigenvalue weighted by molar-refractivity contribution is -0.386. The molecular weight excluding hydrogens is 282 g/mol. The van der Waals surface area contributed by atoms with E-state index in [1.54, 1.807) is 32.9 Å². The number of carboxylic acid groups (broad SMARTS) is 1. The molecule has 0 fully saturated rings. The summed E-state index contributed by atoms with van der Waals surface area (Å²) in [5, 5.41) is 19.7. The van der Waals surface area contributed by atoms with Crippen LogP contribution in [0.5, 0.6) is 5.75 Å². The van der Waals surface area contributed by atoms with Gasteiger partial charge in [-0.15, -0.1) is 11.8 Å². The summed E-state index contributed by atoms with van der Waals surface area (Å²) < 4.78 is 5.43. The van der Waals surface area contributed by atoms with Crippen LogP contribution < -0.4 is 4.74 Å². The zero-order valence-corrected chi connectivity index (χ0v) is 12.3. The standard InChI is InChI=1S/C13H17NO5S/c1-8(2)19-12-6-10(4-5-11(12)14(17)18)20-7-9(3)13(15)16/h4-6,8-9H,7H2,1-3H3,(H,15,16). The fourth-order valence-corrected chi connectivity index (χ4v) is 2.32. The maximum Gasteiger partial charge on any atom is 0.311 e. The summed E-state index contributed by atoms with van der Waals surface area (Å²) in [5.74, 6) is -0.741. The van der Waals surface area contributed by atoms with Gasteiger partial charge in [0.1, 0.15) is 0 Å². The van der Waals surface area contributed by atoms with Gasteiger partial charge in [-0.1, -0.05) is 6.92 Å². The van der Waals surface area contributed by atoms with Gasteiger partial charge in [0.25, 0.3) is 0 Å². The van der Waals surface area contributed by atoms with E-state index in [0.29, 0.717) is 5.75 Å². The topological polar surface area (TPSA) is 89.7 Å². The van der Waals surface area contributed by atoms with Crippen LogP contribution >= 0.6 is 11.8 Å². The highest BCUT2D eigenvalue weighted by molar-refractivity contribution is 7.99. The number of benzene rings is 1. The molecule has 0 heterocycles. The van der Waals surface area contributed by atoms with Crippen molar-refractivity contribution in [1.29, 1.82) is 0 Å². The quantitative estimate of drug-likeness (QED) is 0.472. The molecule has 0 saturated heterocycles. The van der Waals surface area contributed by atoms with Crippen molar-refractivity contribution in [3.05, 3.63) is 28.3 Å². The van der Waals surface area contributed by atoms with Crippen molar-refractivity contribution in [3.8, 4) is 5.75 Å². The minimum Gasteiger partial charge on any atom is -0.484 e. The monoisotopic (exact) mass is 299 g/mol. The highest BCUT2D eigenvalue weighted by Crippen LogP contribution is 2.33. The van der Waals surface area contributed by atoms with E-state index >= 15 is 0 Å². The first-order chi connectivity index (χ1) is 9.31. The summed E-state index contributed by atoms with van der Waals surface area (Å²) in [6.45, 7) is 5.19. The number of nitrogens with zero attached hydrogens (tertiary/aromatic N) is 1. The zero-order chi connectivity index (χ0) is 15.3. The number of rotatable bonds is 7. The zero-order valence-electron chi connectivity index (χ0n) is 11.5. The number of ether oxygens (including phenoxy) is 1. The Morgan fingerprint density at radius 2 is 2.10 bits per heavy atom. The lowest BCUT2D eigenvalue weighted by atomic mass is 10.2. The summed E-state index contributed by atoms with van der Waals surface area (Å²) in [7, 11) is 0. The Hall–Kier alpha value is -1.76. The SMILES string of the molecule is CC(C)Oc1cc(SCC(C)C(=O)O)ccc1[N+](=O)[O-]. The molecule has 20 heavy (non-hydrogen) atoms. The molecule has 1 unspecified atom stereocenters. The van der Waals surface area contributed by atoms with Crippen LogP contribution in [0.3, 0.4) is 0 Å². The first-order valence-electron chi connectivity index (χ1n) is 6.12. The highest BCUT2D eigenvalue weighted by Gasteiger charge is 2.18. The fraction of sp³-hybridized carbons (Fsp3) is 0.462. The molecule has 1 rings (SSSR count). The van der Waals surface area contributed by atoms with E-state index in [0.717, 1.165) is 4.90 Å². The molecule has 0 aliphatic heterocycles. The highest BCUT2D eigenvalue weighted by atomic mass is 32.2. The van der Waals surface area contributed by atoms with Crippen LogP contribution in [0.1, 0.15) is 20.8 Å². The summed E-state index contributed by atoms with van der Waals surface area (Å²) in [5.41, 5.74) is -0.0886. The predicted octanol–water partition coefficient (Wildman–Crippen LogP) is 3.19. The summed E-state index contributed by atoms with van der Waals surface area (Å²) in [6, 6.07) is 4.56. The van der Waals surface area contributed by atoms with Crippen LogP contribution in [-0.2, 0) is 4.79 Å². The number of thioether (sulfide) groups is 1. The second kappa shape index (κ2) is 7.14. The van der Waals surface area contributed by atoms with Crippen molar-refractivity contribution in [2.75, 3.05) is 5.75 Å². The fourth-order valence-electron chi connectivity index (χ4n) is 1.38. The number of carbonyl (C=O) groups is 1. The Balaban J connectivity index is 2.89. The van der Waals surface area contributed by atoms with E-state index < -0.39 is 16.8 Å². The lowest BCUT2D eigenvalue weighted by Gasteiger charge is -2.12. The molecule has 6 nitrogen and oxygen atoms in total. The third-order valence-corrected chi connectivity index (χ3v) is 3.67. The Bertz CT molecular complexity index is 504. The molecule has 1 aromatic rings. The summed E-state index contributed by atoms with van der Waals surface area (Å²) in [6.07, 6.45) is -0.174. The molecule has 1 aromatic carbocycles. The molecule has 7 heteroatoms. The molecular formula is C13H17NO5S. The average molecular weight is 299 g/mol. The third kappa shape index (κ3) is 4.73. The lowest BCUT2D eigenvalue weighted by Crippen LogP contribution is -2.11. The van der Waals surface area contributed by atoms with E-state index in [4.69, 9.17) is 9.84 Å².